The Morgan fingerprint density at radius 1 is 1.50 bits per heavy atom. The number of nitrogens with two attached hydrogens (primary N) is 1. The molecule has 0 fully saturated rings. The fourth-order valence-corrected chi connectivity index (χ4v) is 2.10. The quantitative estimate of drug-likeness (QED) is 0.876. The van der Waals surface area contributed by atoms with E-state index in [1.807, 2.05) is 30.7 Å². The van der Waals surface area contributed by atoms with Crippen LogP contribution in [0.15, 0.2) is 18.3 Å². The lowest BCUT2D eigenvalue weighted by Gasteiger charge is -2.08. The summed E-state index contributed by atoms with van der Waals surface area (Å²) in [6.45, 7) is 4.36. The van der Waals surface area contributed by atoms with Crippen molar-refractivity contribution in [2.75, 3.05) is 0 Å². The van der Waals surface area contributed by atoms with Crippen molar-refractivity contribution in [2.45, 2.75) is 20.4 Å². The van der Waals surface area contributed by atoms with E-state index < -0.39 is 0 Å². The van der Waals surface area contributed by atoms with Crippen LogP contribution in [-0.2, 0) is 6.54 Å². The number of pyridine rings is 1. The van der Waals surface area contributed by atoms with E-state index in [2.05, 4.69) is 10.1 Å². The normalized spacial score (nSPS) is 10.6. The third kappa shape index (κ3) is 2.37. The zero-order valence-electron chi connectivity index (χ0n) is 10.1. The number of rotatable bonds is 3. The Hall–Kier alpha value is -1.46. The van der Waals surface area contributed by atoms with E-state index in [-0.39, 0.29) is 0 Å². The number of thiocarbonyl (C=S) groups is 1. The largest absolute Gasteiger partial charge is 0.388 e. The molecule has 0 spiro atoms. The number of halogens is 1. The summed E-state index contributed by atoms with van der Waals surface area (Å²) in [5, 5.41) is 5.07. The van der Waals surface area contributed by atoms with Crippen molar-refractivity contribution in [2.24, 2.45) is 5.73 Å². The Labute approximate surface area is 116 Å². The van der Waals surface area contributed by atoms with Crippen LogP contribution in [0.5, 0.6) is 0 Å². The molecule has 2 heterocycles. The van der Waals surface area contributed by atoms with E-state index in [1.165, 1.54) is 0 Å². The first-order chi connectivity index (χ1) is 8.50. The molecule has 0 bridgehead atoms. The van der Waals surface area contributed by atoms with Crippen molar-refractivity contribution in [1.82, 2.24) is 14.8 Å². The Morgan fingerprint density at radius 2 is 2.22 bits per heavy atom. The average Bonchev–Trinajstić information content (AvgIpc) is 2.57. The maximum atomic E-state index is 6.12. The Bertz CT molecular complexity index is 606. The topological polar surface area (TPSA) is 56.7 Å². The van der Waals surface area contributed by atoms with Gasteiger partial charge < -0.3 is 5.73 Å². The van der Waals surface area contributed by atoms with Crippen molar-refractivity contribution < 1.29 is 0 Å². The highest BCUT2D eigenvalue weighted by atomic mass is 35.5. The zero-order valence-corrected chi connectivity index (χ0v) is 11.7. The Kier molecular flexibility index (Phi) is 3.63. The van der Waals surface area contributed by atoms with Crippen LogP contribution in [-0.4, -0.2) is 19.8 Å². The Morgan fingerprint density at radius 3 is 2.78 bits per heavy atom. The third-order valence-electron chi connectivity index (χ3n) is 2.74. The van der Waals surface area contributed by atoms with E-state index in [4.69, 9.17) is 29.6 Å². The summed E-state index contributed by atoms with van der Waals surface area (Å²) in [4.78, 5) is 4.48. The highest BCUT2D eigenvalue weighted by molar-refractivity contribution is 7.80. The third-order valence-corrected chi connectivity index (χ3v) is 3.48. The molecule has 2 aromatic heterocycles. The molecule has 0 saturated carbocycles. The minimum absolute atomic E-state index is 0.290. The predicted octanol–water partition coefficient (Wildman–Crippen LogP) is 2.23. The molecule has 94 valence electrons. The van der Waals surface area contributed by atoms with Gasteiger partial charge >= 0.3 is 0 Å². The van der Waals surface area contributed by atoms with Gasteiger partial charge in [0.15, 0.2) is 0 Å². The summed E-state index contributed by atoms with van der Waals surface area (Å²) in [7, 11) is 0. The van der Waals surface area contributed by atoms with Crippen molar-refractivity contribution in [1.29, 1.82) is 0 Å². The molecule has 18 heavy (non-hydrogen) atoms. The van der Waals surface area contributed by atoms with Crippen molar-refractivity contribution in [3.63, 3.8) is 0 Å². The highest BCUT2D eigenvalue weighted by Gasteiger charge is 2.12. The first-order valence-corrected chi connectivity index (χ1v) is 6.22. The second-order valence-corrected chi connectivity index (χ2v) is 4.84. The summed E-state index contributed by atoms with van der Waals surface area (Å²) in [5.41, 5.74) is 8.97. The second-order valence-electron chi connectivity index (χ2n) is 4.02. The number of hydrogen-bond acceptors (Lipinski definition) is 3. The first-order valence-electron chi connectivity index (χ1n) is 5.44. The van der Waals surface area contributed by atoms with Crippen LogP contribution < -0.4 is 5.73 Å². The number of hydrogen-bond donors (Lipinski definition) is 1. The molecule has 0 unspecified atom stereocenters. The molecular weight excluding hydrogens is 268 g/mol. The van der Waals surface area contributed by atoms with Gasteiger partial charge in [0.2, 0.25) is 0 Å². The molecule has 2 rings (SSSR count). The van der Waals surface area contributed by atoms with E-state index in [0.29, 0.717) is 22.2 Å². The SMILES string of the molecule is Cc1nn(Cc2cccnc2C(N)=S)c(C)c1Cl. The molecule has 0 radical (unpaired) electrons. The molecule has 0 aliphatic carbocycles. The van der Waals surface area contributed by atoms with Gasteiger partial charge in [-0.05, 0) is 19.9 Å². The van der Waals surface area contributed by atoms with Crippen LogP contribution >= 0.6 is 23.8 Å². The molecule has 4 nitrogen and oxygen atoms in total. The second kappa shape index (κ2) is 5.04. The smallest absolute Gasteiger partial charge is 0.123 e. The lowest BCUT2D eigenvalue weighted by Crippen LogP contribution is -2.16. The molecule has 2 N–H and O–H groups in total. The van der Waals surface area contributed by atoms with Gasteiger partial charge in [0.05, 0.1) is 23.0 Å². The Balaban J connectivity index is 2.40. The molecular formula is C12H13ClN4S. The number of aryl methyl sites for hydroxylation is 1. The van der Waals surface area contributed by atoms with Crippen LogP contribution in [0, 0.1) is 13.8 Å². The van der Waals surface area contributed by atoms with Crippen LogP contribution in [0.2, 0.25) is 5.02 Å². The number of aromatic nitrogens is 3. The van der Waals surface area contributed by atoms with Crippen molar-refractivity contribution in [3.8, 4) is 0 Å². The summed E-state index contributed by atoms with van der Waals surface area (Å²) < 4.78 is 1.83. The molecule has 0 aliphatic rings. The lowest BCUT2D eigenvalue weighted by molar-refractivity contribution is 0.656. The van der Waals surface area contributed by atoms with Crippen LogP contribution in [0.1, 0.15) is 22.6 Å². The molecule has 0 amide bonds. The standard InChI is InChI=1S/C12H13ClN4S/c1-7-10(13)8(2)17(16-7)6-9-4-3-5-15-11(9)12(14)18/h3-5H,6H2,1-2H3,(H2,14,18). The molecule has 0 aliphatic heterocycles. The molecule has 0 atom stereocenters. The minimum atomic E-state index is 0.290. The highest BCUT2D eigenvalue weighted by Crippen LogP contribution is 2.20. The van der Waals surface area contributed by atoms with Crippen molar-refractivity contribution >= 4 is 28.8 Å². The summed E-state index contributed by atoms with van der Waals surface area (Å²) in [6, 6.07) is 3.79. The van der Waals surface area contributed by atoms with Gasteiger partial charge in [-0.2, -0.15) is 5.10 Å². The summed E-state index contributed by atoms with van der Waals surface area (Å²) >= 11 is 11.1. The number of nitrogens with zero attached hydrogens (tertiary/aromatic N) is 3. The van der Waals surface area contributed by atoms with Crippen LogP contribution in [0.3, 0.4) is 0 Å². The summed E-state index contributed by atoms with van der Waals surface area (Å²) in [6.07, 6.45) is 1.67. The van der Waals surface area contributed by atoms with Gasteiger partial charge in [-0.25, -0.2) is 0 Å². The predicted molar refractivity (Wildman–Crippen MR) is 75.9 cm³/mol. The summed E-state index contributed by atoms with van der Waals surface area (Å²) in [5.74, 6) is 0. The van der Waals surface area contributed by atoms with E-state index >= 15 is 0 Å². The lowest BCUT2D eigenvalue weighted by atomic mass is 10.2. The first kappa shape index (κ1) is 13.0. The van der Waals surface area contributed by atoms with Gasteiger partial charge in [-0.3, -0.25) is 9.67 Å². The maximum Gasteiger partial charge on any atom is 0.123 e. The zero-order chi connectivity index (χ0) is 13.3. The van der Waals surface area contributed by atoms with E-state index in [0.717, 1.165) is 17.0 Å². The van der Waals surface area contributed by atoms with Gasteiger partial charge in [0.25, 0.3) is 0 Å². The van der Waals surface area contributed by atoms with Crippen LogP contribution in [0.25, 0.3) is 0 Å². The maximum absolute atomic E-state index is 6.12. The van der Waals surface area contributed by atoms with Gasteiger partial charge in [-0.15, -0.1) is 0 Å². The molecule has 0 saturated heterocycles. The monoisotopic (exact) mass is 280 g/mol. The van der Waals surface area contributed by atoms with Gasteiger partial charge in [0, 0.05) is 11.8 Å². The molecule has 2 aromatic rings. The van der Waals surface area contributed by atoms with Gasteiger partial charge in [0.1, 0.15) is 10.7 Å². The molecule has 6 heteroatoms. The van der Waals surface area contributed by atoms with Crippen molar-refractivity contribution in [3.05, 3.63) is 46.0 Å². The fraction of sp³-hybridized carbons (Fsp3) is 0.250. The van der Waals surface area contributed by atoms with Gasteiger partial charge in [-0.1, -0.05) is 29.9 Å². The molecule has 0 aromatic carbocycles. The van der Waals surface area contributed by atoms with Crippen LogP contribution in [0.4, 0.5) is 0 Å². The van der Waals surface area contributed by atoms with E-state index in [9.17, 15) is 0 Å². The fourth-order valence-electron chi connectivity index (χ4n) is 1.78. The van der Waals surface area contributed by atoms with E-state index in [1.54, 1.807) is 6.20 Å². The average molecular weight is 281 g/mol. The minimum Gasteiger partial charge on any atom is -0.388 e.